The van der Waals surface area contributed by atoms with Gasteiger partial charge in [0.1, 0.15) is 5.78 Å². The second-order valence-corrected chi connectivity index (χ2v) is 7.48. The van der Waals surface area contributed by atoms with E-state index in [9.17, 15) is 4.79 Å². The Bertz CT molecular complexity index is 639. The fraction of sp³-hybridized carbons (Fsp3) is 0.706. The molecule has 136 valence electrons. The van der Waals surface area contributed by atoms with Gasteiger partial charge in [-0.3, -0.25) is 4.79 Å². The molecule has 0 N–H and O–H groups in total. The van der Waals surface area contributed by atoms with E-state index < -0.39 is 18.3 Å². The molecule has 2 saturated heterocycles. The summed E-state index contributed by atoms with van der Waals surface area (Å²) in [6.45, 7) is 11.7. The Kier molecular flexibility index (Phi) is 4.77. The smallest absolute Gasteiger partial charge is 0.478 e. The zero-order valence-electron chi connectivity index (χ0n) is 15.7. The van der Waals surface area contributed by atoms with Gasteiger partial charge in [0.2, 0.25) is 11.8 Å². The van der Waals surface area contributed by atoms with Crippen LogP contribution in [0.3, 0.4) is 0 Å². The topological polar surface area (TPSA) is 73.8 Å². The second-order valence-electron chi connectivity index (χ2n) is 7.48. The molecule has 7 nitrogen and oxygen atoms in total. The third-order valence-electron chi connectivity index (χ3n) is 5.16. The van der Waals surface area contributed by atoms with Crippen LogP contribution in [0.25, 0.3) is 0 Å². The Hall–Kier alpha value is -1.67. The standard InChI is InChI=1S/C17H26BN3O4/c1-6-23-14-13(18-24-16(2,3)17(4,5)25-18)11-19-15(20-14)21-9-7-12(22)8-10-21/h11H,6-10H2,1-5H3. The molecule has 0 amide bonds. The quantitative estimate of drug-likeness (QED) is 0.761. The molecule has 25 heavy (non-hydrogen) atoms. The number of ether oxygens (including phenoxy) is 1. The van der Waals surface area contributed by atoms with Gasteiger partial charge in [0, 0.05) is 32.1 Å². The first-order chi connectivity index (χ1) is 11.7. The monoisotopic (exact) mass is 347 g/mol. The summed E-state index contributed by atoms with van der Waals surface area (Å²) in [7, 11) is -0.566. The molecule has 3 heterocycles. The maximum Gasteiger partial charge on any atom is 0.502 e. The third kappa shape index (κ3) is 3.50. The van der Waals surface area contributed by atoms with E-state index in [1.165, 1.54) is 0 Å². The molecule has 0 bridgehead atoms. The number of Topliss-reactive ketones (excluding diaryl/α,β-unsaturated/α-hetero) is 1. The number of hydrogen-bond acceptors (Lipinski definition) is 7. The molecule has 2 aliphatic rings. The number of carbonyl (C=O) groups is 1. The highest BCUT2D eigenvalue weighted by Crippen LogP contribution is 2.37. The average molecular weight is 347 g/mol. The summed E-state index contributed by atoms with van der Waals surface area (Å²) in [6, 6.07) is 0. The molecule has 0 aromatic carbocycles. The first-order valence-electron chi connectivity index (χ1n) is 8.85. The van der Waals surface area contributed by atoms with E-state index in [4.69, 9.17) is 14.0 Å². The summed E-state index contributed by atoms with van der Waals surface area (Å²) in [6.07, 6.45) is 2.78. The van der Waals surface area contributed by atoms with Crippen molar-refractivity contribution in [3.05, 3.63) is 6.20 Å². The Morgan fingerprint density at radius 2 is 1.80 bits per heavy atom. The molecule has 0 aliphatic carbocycles. The van der Waals surface area contributed by atoms with Crippen LogP contribution >= 0.6 is 0 Å². The normalized spacial score (nSPS) is 22.4. The minimum absolute atomic E-state index is 0.287. The predicted octanol–water partition coefficient (Wildman–Crippen LogP) is 1.34. The molecule has 2 aliphatic heterocycles. The number of carbonyl (C=O) groups excluding carboxylic acids is 1. The van der Waals surface area contributed by atoms with Crippen molar-refractivity contribution in [3.63, 3.8) is 0 Å². The number of ketones is 1. The van der Waals surface area contributed by atoms with Gasteiger partial charge in [-0.05, 0) is 34.6 Å². The van der Waals surface area contributed by atoms with Crippen LogP contribution in [-0.2, 0) is 14.1 Å². The highest BCUT2D eigenvalue weighted by atomic mass is 16.7. The second kappa shape index (κ2) is 6.57. The number of rotatable bonds is 4. The van der Waals surface area contributed by atoms with Crippen LogP contribution in [0.2, 0.25) is 0 Å². The van der Waals surface area contributed by atoms with E-state index in [2.05, 4.69) is 9.97 Å². The maximum atomic E-state index is 11.4. The van der Waals surface area contributed by atoms with Gasteiger partial charge in [0.25, 0.3) is 0 Å². The molecule has 0 saturated carbocycles. The fourth-order valence-corrected chi connectivity index (χ4v) is 2.86. The number of anilines is 1. The minimum atomic E-state index is -0.566. The lowest BCUT2D eigenvalue weighted by Gasteiger charge is -2.32. The van der Waals surface area contributed by atoms with Gasteiger partial charge < -0.3 is 18.9 Å². The Morgan fingerprint density at radius 3 is 2.36 bits per heavy atom. The molecular formula is C17H26BN3O4. The summed E-state index contributed by atoms with van der Waals surface area (Å²) in [4.78, 5) is 22.5. The third-order valence-corrected chi connectivity index (χ3v) is 5.16. The summed E-state index contributed by atoms with van der Waals surface area (Å²) in [5.41, 5.74) is -0.183. The number of aromatic nitrogens is 2. The molecule has 1 aromatic rings. The van der Waals surface area contributed by atoms with Crippen LogP contribution in [-0.4, -0.2) is 53.8 Å². The van der Waals surface area contributed by atoms with E-state index >= 15 is 0 Å². The van der Waals surface area contributed by atoms with E-state index in [0.717, 1.165) is 0 Å². The highest BCUT2D eigenvalue weighted by molar-refractivity contribution is 6.63. The largest absolute Gasteiger partial charge is 0.502 e. The summed E-state index contributed by atoms with van der Waals surface area (Å²) in [5, 5.41) is 0. The molecule has 1 aromatic heterocycles. The van der Waals surface area contributed by atoms with Crippen LogP contribution in [0.1, 0.15) is 47.5 Å². The van der Waals surface area contributed by atoms with Crippen LogP contribution in [0, 0.1) is 0 Å². The van der Waals surface area contributed by atoms with Gasteiger partial charge in [-0.25, -0.2) is 4.98 Å². The predicted molar refractivity (Wildman–Crippen MR) is 95.4 cm³/mol. The molecule has 3 rings (SSSR count). The van der Waals surface area contributed by atoms with E-state index in [-0.39, 0.29) is 5.78 Å². The van der Waals surface area contributed by atoms with Gasteiger partial charge in [-0.1, -0.05) is 0 Å². The number of piperidine rings is 1. The Morgan fingerprint density at radius 1 is 1.20 bits per heavy atom. The fourth-order valence-electron chi connectivity index (χ4n) is 2.86. The SMILES string of the molecule is CCOc1nc(N2CCC(=O)CC2)ncc1B1OC(C)(C)C(C)(C)O1. The van der Waals surface area contributed by atoms with Crippen molar-refractivity contribution in [2.75, 3.05) is 24.6 Å². The van der Waals surface area contributed by atoms with Crippen molar-refractivity contribution < 1.29 is 18.8 Å². The molecule has 0 atom stereocenters. The molecule has 0 unspecified atom stereocenters. The summed E-state index contributed by atoms with van der Waals surface area (Å²) >= 11 is 0. The average Bonchev–Trinajstić information content (AvgIpc) is 2.76. The number of nitrogens with zero attached hydrogens (tertiary/aromatic N) is 3. The zero-order chi connectivity index (χ0) is 18.2. The van der Waals surface area contributed by atoms with Gasteiger partial charge in [0.05, 0.1) is 23.3 Å². The van der Waals surface area contributed by atoms with Gasteiger partial charge in [-0.15, -0.1) is 0 Å². The lowest BCUT2D eigenvalue weighted by atomic mass is 9.80. The highest BCUT2D eigenvalue weighted by Gasteiger charge is 2.53. The molecule has 8 heteroatoms. The molecule has 0 spiro atoms. The molecular weight excluding hydrogens is 321 g/mol. The number of hydrogen-bond donors (Lipinski definition) is 0. The molecule has 0 radical (unpaired) electrons. The van der Waals surface area contributed by atoms with Gasteiger partial charge in [0.15, 0.2) is 0 Å². The van der Waals surface area contributed by atoms with Crippen LogP contribution in [0.15, 0.2) is 6.20 Å². The van der Waals surface area contributed by atoms with Crippen molar-refractivity contribution in [1.29, 1.82) is 0 Å². The van der Waals surface area contributed by atoms with Crippen molar-refractivity contribution in [1.82, 2.24) is 9.97 Å². The first-order valence-corrected chi connectivity index (χ1v) is 8.85. The first kappa shape index (κ1) is 18.1. The van der Waals surface area contributed by atoms with E-state index in [1.807, 2.05) is 39.5 Å². The van der Waals surface area contributed by atoms with Crippen molar-refractivity contribution in [2.24, 2.45) is 0 Å². The zero-order valence-corrected chi connectivity index (χ0v) is 15.7. The van der Waals surface area contributed by atoms with Gasteiger partial charge >= 0.3 is 7.12 Å². The Balaban J connectivity index is 1.86. The van der Waals surface area contributed by atoms with Crippen molar-refractivity contribution in [3.8, 4) is 5.88 Å². The maximum absolute atomic E-state index is 11.4. The van der Waals surface area contributed by atoms with E-state index in [1.54, 1.807) is 6.20 Å². The van der Waals surface area contributed by atoms with Crippen molar-refractivity contribution in [2.45, 2.75) is 58.7 Å². The molecule has 2 fully saturated rings. The van der Waals surface area contributed by atoms with E-state index in [0.29, 0.717) is 49.8 Å². The lowest BCUT2D eigenvalue weighted by Crippen LogP contribution is -2.41. The van der Waals surface area contributed by atoms with Crippen molar-refractivity contribution >= 4 is 24.3 Å². The van der Waals surface area contributed by atoms with Crippen LogP contribution in [0.4, 0.5) is 5.95 Å². The summed E-state index contributed by atoms with van der Waals surface area (Å²) < 4.78 is 17.9. The Labute approximate surface area is 149 Å². The van der Waals surface area contributed by atoms with Crippen LogP contribution in [0.5, 0.6) is 5.88 Å². The lowest BCUT2D eigenvalue weighted by molar-refractivity contribution is -0.119. The minimum Gasteiger partial charge on any atom is -0.478 e. The summed E-state index contributed by atoms with van der Waals surface area (Å²) in [5.74, 6) is 1.34. The van der Waals surface area contributed by atoms with Crippen LogP contribution < -0.4 is 15.1 Å². The van der Waals surface area contributed by atoms with Gasteiger partial charge in [-0.2, -0.15) is 4.98 Å².